The van der Waals surface area contributed by atoms with Crippen LogP contribution in [0.5, 0.6) is 0 Å². The Morgan fingerprint density at radius 3 is 0.805 bits per heavy atom. The van der Waals surface area contributed by atoms with Crippen LogP contribution in [-0.4, -0.2) is 37.2 Å². The molecule has 0 saturated carbocycles. The Morgan fingerprint density at radius 1 is 0.268 bits per heavy atom. The van der Waals surface area contributed by atoms with Crippen LogP contribution in [0.4, 0.5) is 0 Å². The number of unbranched alkanes of at least 4 members (excludes halogenated alkanes) is 20. The minimum absolute atomic E-state index is 0.0888. The zero-order valence-electron chi connectivity index (χ0n) is 52.7. The molecule has 0 rings (SSSR count). The lowest BCUT2D eigenvalue weighted by atomic mass is 10.0. The largest absolute Gasteiger partial charge is 0.462 e. The van der Waals surface area contributed by atoms with E-state index in [9.17, 15) is 14.4 Å². The summed E-state index contributed by atoms with van der Waals surface area (Å²) in [5.41, 5.74) is 0. The molecule has 1 atom stereocenters. The van der Waals surface area contributed by atoms with E-state index in [2.05, 4.69) is 179 Å². The van der Waals surface area contributed by atoms with Gasteiger partial charge in [-0.3, -0.25) is 14.4 Å². The molecule has 0 radical (unpaired) electrons. The second-order valence-electron chi connectivity index (χ2n) is 21.3. The Labute approximate surface area is 504 Å². The normalized spacial score (nSPS) is 13.3. The number of esters is 3. The molecule has 6 nitrogen and oxygen atoms in total. The molecule has 0 aromatic carbocycles. The van der Waals surface area contributed by atoms with Crippen molar-refractivity contribution in [3.05, 3.63) is 170 Å². The average Bonchev–Trinajstić information content (AvgIpc) is 3.48. The molecule has 0 bridgehead atoms. The third kappa shape index (κ3) is 65.6. The molecule has 1 unspecified atom stereocenters. The van der Waals surface area contributed by atoms with Crippen LogP contribution in [0.25, 0.3) is 0 Å². The average molecular weight is 1130 g/mol. The quantitative estimate of drug-likeness (QED) is 0.0261. The number of rotatable bonds is 58. The fraction of sp³-hybridized carbons (Fsp3) is 0.592. The lowest BCUT2D eigenvalue weighted by Gasteiger charge is -2.18. The topological polar surface area (TPSA) is 78.9 Å². The Morgan fingerprint density at radius 2 is 0.512 bits per heavy atom. The molecule has 0 aromatic heterocycles. The van der Waals surface area contributed by atoms with Crippen LogP contribution in [-0.2, 0) is 28.6 Å². The van der Waals surface area contributed by atoms with Gasteiger partial charge >= 0.3 is 17.9 Å². The van der Waals surface area contributed by atoms with Crippen molar-refractivity contribution in [2.75, 3.05) is 13.2 Å². The number of ether oxygens (including phenoxy) is 3. The fourth-order valence-corrected chi connectivity index (χ4v) is 8.63. The first-order chi connectivity index (χ1) is 40.5. The van der Waals surface area contributed by atoms with E-state index in [1.807, 2.05) is 6.08 Å². The summed E-state index contributed by atoms with van der Waals surface area (Å²) in [5, 5.41) is 0. The van der Waals surface area contributed by atoms with Crippen LogP contribution in [0.1, 0.15) is 271 Å². The molecule has 0 N–H and O–H groups in total. The molecule has 0 aliphatic carbocycles. The molecule has 0 fully saturated rings. The zero-order valence-corrected chi connectivity index (χ0v) is 52.7. The highest BCUT2D eigenvalue weighted by Crippen LogP contribution is 2.15. The molecule has 0 spiro atoms. The molecule has 0 aliphatic rings. The minimum atomic E-state index is -0.844. The standard InChI is InChI=1S/C76H120O6/c1-4-7-10-13-16-19-22-25-28-29-30-31-32-33-34-35-36-37-38-39-40-41-42-43-44-45-46-47-49-51-54-57-60-63-66-69-75(78)81-72-73(71-80-74(77)68-65-62-59-56-53-50-27-24-21-18-15-12-9-6-3)82-76(79)70-67-64-61-58-55-52-48-26-23-20-17-14-11-8-5-2/h7-8,10-11,16-17,19-20,25-26,28,30-31,33-34,36-37,39-40,42-43,45-46,48,55,58,64,67,73H,4-6,9,12-15,18,21-24,27,29,32,35,38,41,44,47,49-54,56-57,59-63,65-66,68-72H2,1-3H3/b10-7-,11-8-,19-16-,20-17-,28-25-,31-30-,34-33-,37-36-,40-39-,43-42-,46-45-,48-26-,58-55-,67-64-. The van der Waals surface area contributed by atoms with E-state index in [0.717, 1.165) is 135 Å². The van der Waals surface area contributed by atoms with Crippen molar-refractivity contribution in [1.82, 2.24) is 0 Å². The summed E-state index contributed by atoms with van der Waals surface area (Å²) >= 11 is 0. The van der Waals surface area contributed by atoms with Gasteiger partial charge in [0.1, 0.15) is 13.2 Å². The van der Waals surface area contributed by atoms with Gasteiger partial charge in [-0.1, -0.05) is 306 Å². The van der Waals surface area contributed by atoms with Gasteiger partial charge in [0.2, 0.25) is 0 Å². The third-order valence-corrected chi connectivity index (χ3v) is 13.5. The van der Waals surface area contributed by atoms with E-state index in [-0.39, 0.29) is 31.6 Å². The predicted molar refractivity (Wildman–Crippen MR) is 357 cm³/mol. The van der Waals surface area contributed by atoms with Gasteiger partial charge in [-0.15, -0.1) is 0 Å². The first kappa shape index (κ1) is 76.8. The van der Waals surface area contributed by atoms with Crippen LogP contribution in [0, 0.1) is 0 Å². The maximum atomic E-state index is 12.8. The van der Waals surface area contributed by atoms with Crippen molar-refractivity contribution in [2.24, 2.45) is 0 Å². The first-order valence-corrected chi connectivity index (χ1v) is 33.1. The molecule has 82 heavy (non-hydrogen) atoms. The molecule has 0 aromatic rings. The molecular formula is C76H120O6. The second-order valence-corrected chi connectivity index (χ2v) is 21.3. The Balaban J connectivity index is 4.35. The van der Waals surface area contributed by atoms with Crippen molar-refractivity contribution >= 4 is 17.9 Å². The summed E-state index contributed by atoms with van der Waals surface area (Å²) in [7, 11) is 0. The van der Waals surface area contributed by atoms with Crippen molar-refractivity contribution < 1.29 is 28.6 Å². The lowest BCUT2D eigenvalue weighted by Crippen LogP contribution is -2.30. The van der Waals surface area contributed by atoms with E-state index in [1.165, 1.54) is 89.9 Å². The minimum Gasteiger partial charge on any atom is -0.462 e. The van der Waals surface area contributed by atoms with Gasteiger partial charge in [-0.05, 0) is 116 Å². The van der Waals surface area contributed by atoms with Gasteiger partial charge in [-0.2, -0.15) is 0 Å². The number of carbonyl (C=O) groups is 3. The maximum absolute atomic E-state index is 12.8. The molecule has 6 heteroatoms. The summed E-state index contributed by atoms with van der Waals surface area (Å²) in [5.74, 6) is -1.07. The fourth-order valence-electron chi connectivity index (χ4n) is 8.63. The molecule has 0 saturated heterocycles. The smallest absolute Gasteiger partial charge is 0.310 e. The first-order valence-electron chi connectivity index (χ1n) is 33.1. The number of allylic oxidation sites excluding steroid dienone is 27. The van der Waals surface area contributed by atoms with Crippen LogP contribution >= 0.6 is 0 Å². The van der Waals surface area contributed by atoms with E-state index < -0.39 is 12.1 Å². The van der Waals surface area contributed by atoms with Crippen LogP contribution in [0.15, 0.2) is 170 Å². The number of carbonyl (C=O) groups excluding carboxylic acids is 3. The highest BCUT2D eigenvalue weighted by Gasteiger charge is 2.19. The summed E-state index contributed by atoms with van der Waals surface area (Å²) in [6.07, 6.45) is 101. The number of hydrogen-bond acceptors (Lipinski definition) is 6. The highest BCUT2D eigenvalue weighted by molar-refractivity contribution is 5.72. The Bertz CT molecular complexity index is 1870. The van der Waals surface area contributed by atoms with E-state index >= 15 is 0 Å². The number of hydrogen-bond donors (Lipinski definition) is 0. The monoisotopic (exact) mass is 1130 g/mol. The van der Waals surface area contributed by atoms with Crippen LogP contribution in [0.2, 0.25) is 0 Å². The maximum Gasteiger partial charge on any atom is 0.310 e. The Kier molecular flexibility index (Phi) is 63.9. The summed E-state index contributed by atoms with van der Waals surface area (Å²) in [6, 6.07) is 0. The molecule has 0 heterocycles. The van der Waals surface area contributed by atoms with Gasteiger partial charge in [0.25, 0.3) is 0 Å². The van der Waals surface area contributed by atoms with Gasteiger partial charge < -0.3 is 14.2 Å². The van der Waals surface area contributed by atoms with Crippen LogP contribution in [0.3, 0.4) is 0 Å². The van der Waals surface area contributed by atoms with E-state index in [0.29, 0.717) is 19.3 Å². The molecular weight excluding hydrogens is 1010 g/mol. The van der Waals surface area contributed by atoms with Gasteiger partial charge in [0.05, 0.1) is 6.42 Å². The summed E-state index contributed by atoms with van der Waals surface area (Å²) in [4.78, 5) is 38.2. The summed E-state index contributed by atoms with van der Waals surface area (Å²) < 4.78 is 16.8. The van der Waals surface area contributed by atoms with Crippen LogP contribution < -0.4 is 0 Å². The van der Waals surface area contributed by atoms with E-state index in [4.69, 9.17) is 14.2 Å². The van der Waals surface area contributed by atoms with Gasteiger partial charge in [0, 0.05) is 12.8 Å². The van der Waals surface area contributed by atoms with E-state index in [1.54, 1.807) is 6.08 Å². The lowest BCUT2D eigenvalue weighted by molar-refractivity contribution is -0.166. The molecule has 0 aliphatic heterocycles. The van der Waals surface area contributed by atoms with Crippen molar-refractivity contribution in [1.29, 1.82) is 0 Å². The van der Waals surface area contributed by atoms with Crippen molar-refractivity contribution in [3.8, 4) is 0 Å². The summed E-state index contributed by atoms with van der Waals surface area (Å²) in [6.45, 7) is 6.32. The SMILES string of the molecule is CC/C=C\C/C=C\C/C=C\C/C=C\C/C=C\C/C=C\C/C=C\C/C=C\C/C=C\CCCCCCCCCC(=O)OCC(COC(=O)CCCCCCCCCCCCCCCC)OC(=O)C/C=C\C/C=C\C/C=C\C/C=C\C/C=C\CC. The van der Waals surface area contributed by atoms with Crippen molar-refractivity contribution in [3.63, 3.8) is 0 Å². The molecule has 460 valence electrons. The zero-order chi connectivity index (χ0) is 59.2. The predicted octanol–water partition coefficient (Wildman–Crippen LogP) is 23.0. The third-order valence-electron chi connectivity index (χ3n) is 13.5. The molecule has 0 amide bonds. The van der Waals surface area contributed by atoms with Gasteiger partial charge in [0.15, 0.2) is 6.10 Å². The van der Waals surface area contributed by atoms with Crippen molar-refractivity contribution in [2.45, 2.75) is 277 Å². The Hall–Kier alpha value is -5.23. The second kappa shape index (κ2) is 68.3. The van der Waals surface area contributed by atoms with Gasteiger partial charge in [-0.25, -0.2) is 0 Å². The highest BCUT2D eigenvalue weighted by atomic mass is 16.6.